The highest BCUT2D eigenvalue weighted by molar-refractivity contribution is 5.63. The largest absolute Gasteiger partial charge is 0.373 e. The van der Waals surface area contributed by atoms with Gasteiger partial charge in [-0.25, -0.2) is 4.98 Å². The molecule has 5 heteroatoms. The molecule has 0 spiro atoms. The Morgan fingerprint density at radius 1 is 1.20 bits per heavy atom. The fourth-order valence-corrected chi connectivity index (χ4v) is 2.55. The van der Waals surface area contributed by atoms with Gasteiger partial charge in [-0.05, 0) is 25.0 Å². The molecule has 2 heterocycles. The van der Waals surface area contributed by atoms with Gasteiger partial charge in [-0.2, -0.15) is 4.98 Å². The minimum absolute atomic E-state index is 0.504. The van der Waals surface area contributed by atoms with E-state index in [1.807, 2.05) is 31.4 Å². The SMILES string of the molecule is CNc1cc(-c2cccnc2)nc(NC2CCCC2)n1. The maximum Gasteiger partial charge on any atom is 0.225 e. The highest BCUT2D eigenvalue weighted by Gasteiger charge is 2.16. The third-order valence-electron chi connectivity index (χ3n) is 3.63. The van der Waals surface area contributed by atoms with Crippen molar-refractivity contribution in [2.75, 3.05) is 17.7 Å². The van der Waals surface area contributed by atoms with Gasteiger partial charge in [0.1, 0.15) is 5.82 Å². The van der Waals surface area contributed by atoms with Gasteiger partial charge in [0.15, 0.2) is 0 Å². The molecule has 0 atom stereocenters. The molecule has 0 aromatic carbocycles. The lowest BCUT2D eigenvalue weighted by Crippen LogP contribution is -2.17. The van der Waals surface area contributed by atoms with Crippen LogP contribution in [0.1, 0.15) is 25.7 Å². The Bertz CT molecular complexity index is 564. The van der Waals surface area contributed by atoms with E-state index >= 15 is 0 Å². The molecule has 1 aliphatic carbocycles. The monoisotopic (exact) mass is 269 g/mol. The number of hydrogen-bond donors (Lipinski definition) is 2. The van der Waals surface area contributed by atoms with Gasteiger partial charge in [-0.1, -0.05) is 12.8 Å². The van der Waals surface area contributed by atoms with Crippen LogP contribution in [0, 0.1) is 0 Å². The van der Waals surface area contributed by atoms with E-state index in [2.05, 4.69) is 25.6 Å². The van der Waals surface area contributed by atoms with E-state index in [1.165, 1.54) is 25.7 Å². The first-order valence-corrected chi connectivity index (χ1v) is 7.09. The third kappa shape index (κ3) is 2.87. The summed E-state index contributed by atoms with van der Waals surface area (Å²) in [5, 5.41) is 6.53. The molecular formula is C15H19N5. The Morgan fingerprint density at radius 3 is 2.75 bits per heavy atom. The normalized spacial score (nSPS) is 15.2. The van der Waals surface area contributed by atoms with Gasteiger partial charge in [0.05, 0.1) is 5.69 Å². The van der Waals surface area contributed by atoms with Crippen LogP contribution >= 0.6 is 0 Å². The molecule has 20 heavy (non-hydrogen) atoms. The fraction of sp³-hybridized carbons (Fsp3) is 0.400. The number of anilines is 2. The van der Waals surface area contributed by atoms with Crippen LogP contribution in [0.4, 0.5) is 11.8 Å². The van der Waals surface area contributed by atoms with Crippen LogP contribution in [0.2, 0.25) is 0 Å². The second-order valence-electron chi connectivity index (χ2n) is 5.08. The lowest BCUT2D eigenvalue weighted by molar-refractivity contribution is 0.744. The average Bonchev–Trinajstić information content (AvgIpc) is 3.00. The molecule has 0 aliphatic heterocycles. The van der Waals surface area contributed by atoms with Gasteiger partial charge >= 0.3 is 0 Å². The van der Waals surface area contributed by atoms with E-state index in [1.54, 1.807) is 6.20 Å². The van der Waals surface area contributed by atoms with Crippen LogP contribution in [0.15, 0.2) is 30.6 Å². The minimum Gasteiger partial charge on any atom is -0.373 e. The van der Waals surface area contributed by atoms with Crippen molar-refractivity contribution in [3.05, 3.63) is 30.6 Å². The summed E-state index contributed by atoms with van der Waals surface area (Å²) >= 11 is 0. The molecule has 1 fully saturated rings. The van der Waals surface area contributed by atoms with Crippen LogP contribution in [0.5, 0.6) is 0 Å². The van der Waals surface area contributed by atoms with E-state index < -0.39 is 0 Å². The van der Waals surface area contributed by atoms with Gasteiger partial charge in [0, 0.05) is 37.1 Å². The van der Waals surface area contributed by atoms with Crippen molar-refractivity contribution >= 4 is 11.8 Å². The highest BCUT2D eigenvalue weighted by atomic mass is 15.2. The summed E-state index contributed by atoms with van der Waals surface area (Å²) in [5.74, 6) is 1.52. The number of nitrogens with one attached hydrogen (secondary N) is 2. The molecule has 104 valence electrons. The smallest absolute Gasteiger partial charge is 0.225 e. The zero-order chi connectivity index (χ0) is 13.8. The van der Waals surface area contributed by atoms with Crippen molar-refractivity contribution < 1.29 is 0 Å². The summed E-state index contributed by atoms with van der Waals surface area (Å²) < 4.78 is 0. The summed E-state index contributed by atoms with van der Waals surface area (Å²) in [6, 6.07) is 6.37. The van der Waals surface area contributed by atoms with Gasteiger partial charge in [0.2, 0.25) is 5.95 Å². The number of aromatic nitrogens is 3. The molecular weight excluding hydrogens is 250 g/mol. The number of hydrogen-bond acceptors (Lipinski definition) is 5. The van der Waals surface area contributed by atoms with Gasteiger partial charge < -0.3 is 10.6 Å². The molecule has 1 aliphatic rings. The standard InChI is InChI=1S/C15H19N5/c1-16-14-9-13(11-5-4-8-17-10-11)19-15(20-14)18-12-6-2-3-7-12/h4-5,8-10,12H,2-3,6-7H2,1H3,(H2,16,18,19,20). The second-order valence-corrected chi connectivity index (χ2v) is 5.08. The average molecular weight is 269 g/mol. The molecule has 3 rings (SSSR count). The predicted octanol–water partition coefficient (Wildman–Crippen LogP) is 2.93. The summed E-state index contributed by atoms with van der Waals surface area (Å²) in [6.45, 7) is 0. The van der Waals surface area contributed by atoms with E-state index in [-0.39, 0.29) is 0 Å². The molecule has 0 bridgehead atoms. The maximum atomic E-state index is 4.61. The van der Waals surface area contributed by atoms with Crippen molar-refractivity contribution in [2.45, 2.75) is 31.7 Å². The fourth-order valence-electron chi connectivity index (χ4n) is 2.55. The van der Waals surface area contributed by atoms with E-state index in [0.29, 0.717) is 12.0 Å². The van der Waals surface area contributed by atoms with Crippen LogP contribution in [0.25, 0.3) is 11.3 Å². The molecule has 0 radical (unpaired) electrons. The van der Waals surface area contributed by atoms with Crippen LogP contribution in [0.3, 0.4) is 0 Å². The van der Waals surface area contributed by atoms with Crippen molar-refractivity contribution in [2.24, 2.45) is 0 Å². The molecule has 0 saturated heterocycles. The Kier molecular flexibility index (Phi) is 3.76. The molecule has 1 saturated carbocycles. The summed E-state index contributed by atoms with van der Waals surface area (Å²) in [5.41, 5.74) is 1.89. The number of nitrogens with zero attached hydrogens (tertiary/aromatic N) is 3. The third-order valence-corrected chi connectivity index (χ3v) is 3.63. The maximum absolute atomic E-state index is 4.61. The Morgan fingerprint density at radius 2 is 2.05 bits per heavy atom. The number of rotatable bonds is 4. The van der Waals surface area contributed by atoms with Crippen molar-refractivity contribution in [1.82, 2.24) is 15.0 Å². The molecule has 0 amide bonds. The summed E-state index contributed by atoms with van der Waals surface area (Å²) in [4.78, 5) is 13.2. The first-order chi connectivity index (χ1) is 9.85. The van der Waals surface area contributed by atoms with Gasteiger partial charge in [-0.3, -0.25) is 4.98 Å². The first-order valence-electron chi connectivity index (χ1n) is 7.09. The van der Waals surface area contributed by atoms with Crippen LogP contribution in [-0.2, 0) is 0 Å². The summed E-state index contributed by atoms with van der Waals surface area (Å²) in [7, 11) is 1.87. The van der Waals surface area contributed by atoms with Crippen molar-refractivity contribution in [1.29, 1.82) is 0 Å². The second kappa shape index (κ2) is 5.86. The quantitative estimate of drug-likeness (QED) is 0.893. The van der Waals surface area contributed by atoms with Crippen LogP contribution < -0.4 is 10.6 Å². The summed E-state index contributed by atoms with van der Waals surface area (Å²) in [6.07, 6.45) is 8.57. The molecule has 0 unspecified atom stereocenters. The highest BCUT2D eigenvalue weighted by Crippen LogP contribution is 2.24. The minimum atomic E-state index is 0.504. The van der Waals surface area contributed by atoms with Crippen molar-refractivity contribution in [3.63, 3.8) is 0 Å². The zero-order valence-corrected chi connectivity index (χ0v) is 11.6. The number of pyridine rings is 1. The molecule has 5 nitrogen and oxygen atoms in total. The zero-order valence-electron chi connectivity index (χ0n) is 11.6. The van der Waals surface area contributed by atoms with Gasteiger partial charge in [0.25, 0.3) is 0 Å². The van der Waals surface area contributed by atoms with Crippen LogP contribution in [-0.4, -0.2) is 28.0 Å². The Labute approximate surface area is 118 Å². The van der Waals surface area contributed by atoms with Gasteiger partial charge in [-0.15, -0.1) is 0 Å². The molecule has 2 N–H and O–H groups in total. The topological polar surface area (TPSA) is 62.7 Å². The van der Waals surface area contributed by atoms with E-state index in [9.17, 15) is 0 Å². The van der Waals surface area contributed by atoms with Crippen molar-refractivity contribution in [3.8, 4) is 11.3 Å². The first kappa shape index (κ1) is 12.8. The Hall–Kier alpha value is -2.17. The Balaban J connectivity index is 1.90. The molecule has 2 aromatic rings. The lowest BCUT2D eigenvalue weighted by Gasteiger charge is -2.14. The predicted molar refractivity (Wildman–Crippen MR) is 80.7 cm³/mol. The lowest BCUT2D eigenvalue weighted by atomic mass is 10.2. The van der Waals surface area contributed by atoms with E-state index in [0.717, 1.165) is 17.1 Å². The molecule has 2 aromatic heterocycles. The van der Waals surface area contributed by atoms with E-state index in [4.69, 9.17) is 0 Å².